The van der Waals surface area contributed by atoms with Gasteiger partial charge in [0.05, 0.1) is 17.1 Å². The molecule has 0 radical (unpaired) electrons. The standard InChI is InChI=1S/C17H22FN3O2S/c1-13-12-14(18)8-9-15(13)21-17-7-4-3-6-16(17)20(24(21,22)23)11-5-10-19-2/h3-4,6-9,12,19,22-23H,5,10-11H2,1-2H3. The first-order valence-electron chi connectivity index (χ1n) is 7.83. The molecule has 0 fully saturated rings. The van der Waals surface area contributed by atoms with Crippen molar-refractivity contribution in [3.8, 4) is 0 Å². The van der Waals surface area contributed by atoms with E-state index < -0.39 is 11.0 Å². The molecule has 0 aromatic heterocycles. The quantitative estimate of drug-likeness (QED) is 0.702. The number of nitrogens with one attached hydrogen (secondary N) is 1. The highest BCUT2D eigenvalue weighted by Gasteiger charge is 2.41. The minimum atomic E-state index is -3.24. The van der Waals surface area contributed by atoms with E-state index >= 15 is 0 Å². The van der Waals surface area contributed by atoms with Crippen LogP contribution in [-0.4, -0.2) is 29.2 Å². The van der Waals surface area contributed by atoms with Gasteiger partial charge in [0.1, 0.15) is 5.82 Å². The molecule has 24 heavy (non-hydrogen) atoms. The molecule has 1 aliphatic heterocycles. The third-order valence-electron chi connectivity index (χ3n) is 4.08. The van der Waals surface area contributed by atoms with Gasteiger partial charge in [-0.25, -0.2) is 8.70 Å². The maximum absolute atomic E-state index is 13.5. The zero-order valence-electron chi connectivity index (χ0n) is 13.7. The number of halogens is 1. The molecule has 0 bridgehead atoms. The summed E-state index contributed by atoms with van der Waals surface area (Å²) in [6.07, 6.45) is 0.775. The molecule has 0 saturated carbocycles. The summed E-state index contributed by atoms with van der Waals surface area (Å²) in [7, 11) is -1.37. The molecular weight excluding hydrogens is 329 g/mol. The van der Waals surface area contributed by atoms with E-state index in [9.17, 15) is 13.5 Å². The van der Waals surface area contributed by atoms with Gasteiger partial charge in [0.2, 0.25) is 0 Å². The molecule has 1 aliphatic rings. The molecule has 3 N–H and O–H groups in total. The lowest BCUT2D eigenvalue weighted by atomic mass is 10.1. The van der Waals surface area contributed by atoms with Gasteiger partial charge >= 0.3 is 0 Å². The molecule has 0 unspecified atom stereocenters. The Morgan fingerprint density at radius 2 is 1.79 bits per heavy atom. The molecule has 2 aromatic rings. The second-order valence-electron chi connectivity index (χ2n) is 5.76. The number of rotatable bonds is 5. The Morgan fingerprint density at radius 3 is 2.46 bits per heavy atom. The maximum Gasteiger partial charge on any atom is 0.123 e. The number of fused-ring (bicyclic) bond motifs is 1. The van der Waals surface area contributed by atoms with Crippen molar-refractivity contribution in [3.05, 3.63) is 53.8 Å². The van der Waals surface area contributed by atoms with E-state index in [2.05, 4.69) is 5.32 Å². The molecule has 3 rings (SSSR count). The number of hydrogen-bond acceptors (Lipinski definition) is 5. The summed E-state index contributed by atoms with van der Waals surface area (Å²) in [5, 5.41) is 3.07. The Kier molecular flexibility index (Phi) is 4.69. The van der Waals surface area contributed by atoms with Gasteiger partial charge in [0.25, 0.3) is 0 Å². The van der Waals surface area contributed by atoms with Crippen LogP contribution in [0.4, 0.5) is 21.5 Å². The van der Waals surface area contributed by atoms with Crippen LogP contribution in [0.1, 0.15) is 12.0 Å². The molecule has 1 heterocycles. The predicted molar refractivity (Wildman–Crippen MR) is 98.5 cm³/mol. The molecule has 5 nitrogen and oxygen atoms in total. The summed E-state index contributed by atoms with van der Waals surface area (Å²) in [4.78, 5) is 0. The molecular formula is C17H22FN3O2S. The monoisotopic (exact) mass is 351 g/mol. The van der Waals surface area contributed by atoms with Crippen LogP contribution in [0.3, 0.4) is 0 Å². The molecule has 0 spiro atoms. The lowest BCUT2D eigenvalue weighted by Crippen LogP contribution is -2.33. The van der Waals surface area contributed by atoms with Gasteiger partial charge in [-0.05, 0) is 73.8 Å². The van der Waals surface area contributed by atoms with E-state index in [4.69, 9.17) is 0 Å². The highest BCUT2D eigenvalue weighted by Crippen LogP contribution is 2.64. The van der Waals surface area contributed by atoms with Crippen molar-refractivity contribution < 1.29 is 13.5 Å². The van der Waals surface area contributed by atoms with Crippen LogP contribution in [-0.2, 0) is 0 Å². The fraction of sp³-hybridized carbons (Fsp3) is 0.294. The van der Waals surface area contributed by atoms with Gasteiger partial charge < -0.3 is 5.32 Å². The molecule has 0 atom stereocenters. The highest BCUT2D eigenvalue weighted by atomic mass is 32.3. The zero-order valence-corrected chi connectivity index (χ0v) is 14.6. The van der Waals surface area contributed by atoms with Gasteiger partial charge in [0, 0.05) is 6.54 Å². The Morgan fingerprint density at radius 1 is 1.08 bits per heavy atom. The Hall–Kier alpha value is -1.80. The van der Waals surface area contributed by atoms with Crippen LogP contribution in [0, 0.1) is 12.7 Å². The molecule has 0 aliphatic carbocycles. The molecule has 7 heteroatoms. The SMILES string of the molecule is CNCCCN1c2ccccc2N(c2ccc(F)cc2C)S1(O)O. The topological polar surface area (TPSA) is 59.0 Å². The number of hydrogen-bond donors (Lipinski definition) is 3. The van der Waals surface area contributed by atoms with Crippen LogP contribution in [0.5, 0.6) is 0 Å². The van der Waals surface area contributed by atoms with E-state index in [1.807, 2.05) is 31.3 Å². The first kappa shape index (κ1) is 17.0. The van der Waals surface area contributed by atoms with Crippen molar-refractivity contribution >= 4 is 28.0 Å². The van der Waals surface area contributed by atoms with E-state index in [0.717, 1.165) is 24.3 Å². The van der Waals surface area contributed by atoms with Crippen molar-refractivity contribution in [2.45, 2.75) is 13.3 Å². The Labute approximate surface area is 143 Å². The average Bonchev–Trinajstić information content (AvgIpc) is 2.76. The average molecular weight is 351 g/mol. The minimum Gasteiger partial charge on any atom is -0.320 e. The largest absolute Gasteiger partial charge is 0.320 e. The van der Waals surface area contributed by atoms with Gasteiger partial charge in [0.15, 0.2) is 0 Å². The Bertz CT molecular complexity index is 742. The smallest absolute Gasteiger partial charge is 0.123 e. The van der Waals surface area contributed by atoms with Gasteiger partial charge in [-0.15, -0.1) is 0 Å². The third-order valence-corrected chi connectivity index (χ3v) is 5.93. The van der Waals surface area contributed by atoms with E-state index in [1.165, 1.54) is 16.4 Å². The van der Waals surface area contributed by atoms with Gasteiger partial charge in [-0.3, -0.25) is 13.4 Å². The fourth-order valence-corrected chi connectivity index (χ4v) is 4.84. The van der Waals surface area contributed by atoms with E-state index in [-0.39, 0.29) is 5.82 Å². The molecule has 0 saturated heterocycles. The minimum absolute atomic E-state index is 0.342. The molecule has 2 aromatic carbocycles. The van der Waals surface area contributed by atoms with E-state index in [1.54, 1.807) is 17.3 Å². The second kappa shape index (κ2) is 6.60. The normalized spacial score (nSPS) is 17.0. The lowest BCUT2D eigenvalue weighted by molar-refractivity contribution is 0.483. The summed E-state index contributed by atoms with van der Waals surface area (Å²) < 4.78 is 38.5. The van der Waals surface area contributed by atoms with Crippen molar-refractivity contribution in [1.29, 1.82) is 0 Å². The molecule has 0 amide bonds. The van der Waals surface area contributed by atoms with Gasteiger partial charge in [-0.2, -0.15) is 0 Å². The van der Waals surface area contributed by atoms with Crippen LogP contribution in [0.15, 0.2) is 42.5 Å². The third kappa shape index (κ3) is 2.84. The van der Waals surface area contributed by atoms with Crippen LogP contribution < -0.4 is 13.9 Å². The van der Waals surface area contributed by atoms with E-state index in [0.29, 0.717) is 17.8 Å². The summed E-state index contributed by atoms with van der Waals surface area (Å²) >= 11 is 0. The summed E-state index contributed by atoms with van der Waals surface area (Å²) in [5.41, 5.74) is 2.75. The summed E-state index contributed by atoms with van der Waals surface area (Å²) in [6.45, 7) is 3.06. The van der Waals surface area contributed by atoms with Crippen LogP contribution in [0.25, 0.3) is 0 Å². The van der Waals surface area contributed by atoms with Crippen LogP contribution in [0.2, 0.25) is 0 Å². The zero-order chi connectivity index (χ0) is 17.3. The van der Waals surface area contributed by atoms with Crippen molar-refractivity contribution in [1.82, 2.24) is 5.32 Å². The summed E-state index contributed by atoms with van der Waals surface area (Å²) in [6, 6.07) is 11.8. The first-order valence-corrected chi connectivity index (χ1v) is 9.29. The van der Waals surface area contributed by atoms with Gasteiger partial charge in [-0.1, -0.05) is 12.1 Å². The first-order chi connectivity index (χ1) is 11.5. The second-order valence-corrected chi connectivity index (χ2v) is 7.55. The number of benzene rings is 2. The Balaban J connectivity index is 2.06. The van der Waals surface area contributed by atoms with Crippen LogP contribution >= 0.6 is 11.0 Å². The number of aryl methyl sites for hydroxylation is 1. The lowest BCUT2D eigenvalue weighted by Gasteiger charge is -2.44. The van der Waals surface area contributed by atoms with Crippen molar-refractivity contribution in [3.63, 3.8) is 0 Å². The number of nitrogens with zero attached hydrogens (tertiary/aromatic N) is 2. The summed E-state index contributed by atoms with van der Waals surface area (Å²) in [5.74, 6) is -0.342. The van der Waals surface area contributed by atoms with Crippen molar-refractivity contribution in [2.24, 2.45) is 0 Å². The number of anilines is 3. The number of para-hydroxylation sites is 2. The highest BCUT2D eigenvalue weighted by molar-refractivity contribution is 8.27. The fourth-order valence-electron chi connectivity index (χ4n) is 2.96. The van der Waals surface area contributed by atoms with Crippen molar-refractivity contribution in [2.75, 3.05) is 28.7 Å². The maximum atomic E-state index is 13.5. The predicted octanol–water partition coefficient (Wildman–Crippen LogP) is 4.28. The molecule has 130 valence electrons.